The third-order valence-electron chi connectivity index (χ3n) is 5.87. The molecule has 148 valence electrons. The van der Waals surface area contributed by atoms with Gasteiger partial charge in [0.05, 0.1) is 30.1 Å². The molecule has 1 atom stereocenters. The fourth-order valence-corrected chi connectivity index (χ4v) is 5.47. The molecule has 0 saturated heterocycles. The number of fused-ring (bicyclic) bond motifs is 4. The van der Waals surface area contributed by atoms with Gasteiger partial charge in [0.15, 0.2) is 0 Å². The lowest BCUT2D eigenvalue weighted by Crippen LogP contribution is -2.33. The highest BCUT2D eigenvalue weighted by Gasteiger charge is 2.39. The first-order valence-electron chi connectivity index (χ1n) is 9.45. The van der Waals surface area contributed by atoms with Gasteiger partial charge in [0, 0.05) is 11.1 Å². The third kappa shape index (κ3) is 2.86. The van der Waals surface area contributed by atoms with Crippen molar-refractivity contribution in [3.8, 4) is 5.75 Å². The fraction of sp³-hybridized carbons (Fsp3) is 0.333. The number of thiophene rings is 1. The molecule has 0 amide bonds. The molecule has 2 N–H and O–H groups in total. The first-order chi connectivity index (χ1) is 14.0. The molecule has 0 fully saturated rings. The summed E-state index contributed by atoms with van der Waals surface area (Å²) in [5.74, 6) is 0.720. The van der Waals surface area contributed by atoms with E-state index in [-0.39, 0.29) is 0 Å². The molecule has 0 bridgehead atoms. The van der Waals surface area contributed by atoms with E-state index in [1.54, 1.807) is 24.8 Å². The van der Waals surface area contributed by atoms with Crippen LogP contribution >= 0.6 is 11.3 Å². The van der Waals surface area contributed by atoms with E-state index < -0.39 is 11.4 Å². The lowest BCUT2D eigenvalue weighted by molar-refractivity contribution is -0.148. The van der Waals surface area contributed by atoms with Gasteiger partial charge in [-0.1, -0.05) is 0 Å². The number of ether oxygens (including phenoxy) is 1. The number of aryl methyl sites for hydroxylation is 1. The number of nitrogens with zero attached hydrogens (tertiary/aromatic N) is 3. The van der Waals surface area contributed by atoms with Gasteiger partial charge in [-0.05, 0) is 55.0 Å². The van der Waals surface area contributed by atoms with Crippen molar-refractivity contribution in [3.05, 3.63) is 40.0 Å². The predicted molar refractivity (Wildman–Crippen MR) is 113 cm³/mol. The van der Waals surface area contributed by atoms with Crippen molar-refractivity contribution in [2.24, 2.45) is 10.4 Å². The van der Waals surface area contributed by atoms with E-state index in [9.17, 15) is 9.90 Å². The lowest BCUT2D eigenvalue weighted by atomic mass is 9.75. The van der Waals surface area contributed by atoms with Gasteiger partial charge in [-0.15, -0.1) is 11.3 Å². The van der Waals surface area contributed by atoms with Crippen molar-refractivity contribution in [3.63, 3.8) is 0 Å². The number of methoxy groups -OCH3 is 1. The molecule has 7 nitrogen and oxygen atoms in total. The van der Waals surface area contributed by atoms with E-state index in [1.807, 2.05) is 25.3 Å². The maximum Gasteiger partial charge on any atom is 0.309 e. The van der Waals surface area contributed by atoms with Crippen LogP contribution in [0.15, 0.2) is 23.5 Å². The van der Waals surface area contributed by atoms with Gasteiger partial charge in [-0.2, -0.15) is 0 Å². The fourth-order valence-electron chi connectivity index (χ4n) is 4.10. The van der Waals surface area contributed by atoms with Crippen molar-refractivity contribution in [1.82, 2.24) is 9.97 Å². The van der Waals surface area contributed by atoms with Gasteiger partial charge in [-0.25, -0.2) is 9.97 Å². The minimum atomic E-state index is -0.741. The summed E-state index contributed by atoms with van der Waals surface area (Å²) in [5.41, 5.74) is 3.47. The highest BCUT2D eigenvalue weighted by atomic mass is 32.1. The normalized spacial score (nSPS) is 19.8. The summed E-state index contributed by atoms with van der Waals surface area (Å²) in [6.45, 7) is 2.49. The number of rotatable bonds is 4. The Morgan fingerprint density at radius 2 is 2.21 bits per heavy atom. The summed E-state index contributed by atoms with van der Waals surface area (Å²) in [6, 6.07) is 4.03. The number of carbonyl (C=O) groups is 1. The first kappa shape index (κ1) is 18.1. The van der Waals surface area contributed by atoms with Gasteiger partial charge in [0.1, 0.15) is 22.7 Å². The van der Waals surface area contributed by atoms with Crippen LogP contribution in [0.25, 0.3) is 10.2 Å². The van der Waals surface area contributed by atoms with Crippen molar-refractivity contribution < 1.29 is 14.6 Å². The number of hydrogen-bond acceptors (Lipinski definition) is 7. The molecule has 1 aliphatic heterocycles. The molecule has 3 heterocycles. The van der Waals surface area contributed by atoms with Crippen LogP contribution in [-0.2, 0) is 24.2 Å². The van der Waals surface area contributed by atoms with E-state index >= 15 is 0 Å². The van der Waals surface area contributed by atoms with Gasteiger partial charge >= 0.3 is 5.97 Å². The van der Waals surface area contributed by atoms with E-state index in [1.165, 1.54) is 0 Å². The Labute approximate surface area is 171 Å². The molecule has 1 aliphatic carbocycles. The van der Waals surface area contributed by atoms with E-state index in [4.69, 9.17) is 4.74 Å². The highest BCUT2D eigenvalue weighted by molar-refractivity contribution is 7.19. The molecule has 0 radical (unpaired) electrons. The highest BCUT2D eigenvalue weighted by Crippen LogP contribution is 2.45. The van der Waals surface area contributed by atoms with Crippen LogP contribution in [0.1, 0.15) is 34.9 Å². The second-order valence-electron chi connectivity index (χ2n) is 7.79. The largest absolute Gasteiger partial charge is 0.495 e. The number of benzene rings is 1. The maximum atomic E-state index is 11.7. The molecule has 3 aromatic rings. The number of nitrogens with one attached hydrogen (secondary N) is 1. The maximum absolute atomic E-state index is 11.7. The van der Waals surface area contributed by atoms with Gasteiger partial charge in [0.2, 0.25) is 0 Å². The van der Waals surface area contributed by atoms with Crippen molar-refractivity contribution in [2.45, 2.75) is 32.7 Å². The summed E-state index contributed by atoms with van der Waals surface area (Å²) in [6.07, 6.45) is 5.25. The van der Waals surface area contributed by atoms with Crippen LogP contribution in [0.5, 0.6) is 5.75 Å². The monoisotopic (exact) mass is 408 g/mol. The number of hydrogen-bond donors (Lipinski definition) is 2. The van der Waals surface area contributed by atoms with Crippen LogP contribution in [0.4, 0.5) is 11.5 Å². The van der Waals surface area contributed by atoms with Gasteiger partial charge < -0.3 is 15.2 Å². The Morgan fingerprint density at radius 3 is 3.00 bits per heavy atom. The Balaban J connectivity index is 1.59. The molecule has 5 rings (SSSR count). The van der Waals surface area contributed by atoms with Crippen molar-refractivity contribution in [2.75, 3.05) is 12.4 Å². The van der Waals surface area contributed by atoms with Crippen LogP contribution in [0.2, 0.25) is 0 Å². The summed E-state index contributed by atoms with van der Waals surface area (Å²) in [7, 11) is 1.65. The lowest BCUT2D eigenvalue weighted by Gasteiger charge is -2.29. The molecular weight excluding hydrogens is 388 g/mol. The number of anilines is 2. The molecule has 0 spiro atoms. The van der Waals surface area contributed by atoms with Gasteiger partial charge in [-0.3, -0.25) is 9.79 Å². The molecule has 2 aromatic heterocycles. The molecule has 0 unspecified atom stereocenters. The van der Waals surface area contributed by atoms with E-state index in [2.05, 4.69) is 20.3 Å². The molecule has 0 saturated carbocycles. The summed E-state index contributed by atoms with van der Waals surface area (Å²) in [4.78, 5) is 27.0. The van der Waals surface area contributed by atoms with Crippen LogP contribution in [0, 0.1) is 5.41 Å². The molecule has 1 aromatic carbocycles. The average molecular weight is 408 g/mol. The van der Waals surface area contributed by atoms with Crippen molar-refractivity contribution in [1.29, 1.82) is 0 Å². The number of carboxylic acid groups (broad SMARTS) is 1. The summed E-state index contributed by atoms with van der Waals surface area (Å²) < 4.78 is 5.58. The zero-order valence-electron chi connectivity index (χ0n) is 16.2. The van der Waals surface area contributed by atoms with Gasteiger partial charge in [0.25, 0.3) is 0 Å². The zero-order valence-corrected chi connectivity index (χ0v) is 17.0. The Morgan fingerprint density at radius 1 is 1.34 bits per heavy atom. The van der Waals surface area contributed by atoms with Crippen LogP contribution < -0.4 is 10.1 Å². The quantitative estimate of drug-likeness (QED) is 0.678. The summed E-state index contributed by atoms with van der Waals surface area (Å²) >= 11 is 1.57. The standard InChI is InChI=1S/C21H20N4O3S/c1-21(20(26)27)4-3-13-16(7-21)29-19-17(13)18(23-10-24-19)25-14-5-11-8-22-9-12(11)6-15(14)28-2/h5-6,8,10H,3-4,7,9H2,1-2H3,(H,26,27)(H,23,24,25)/t21-/m0/s1. The number of aromatic nitrogens is 2. The SMILES string of the molecule is COc1cc2c(cc1Nc1ncnc3sc4c(c13)CC[C@](C)(C(=O)O)C4)C=NC2. The number of carboxylic acids is 1. The zero-order chi connectivity index (χ0) is 20.2. The second-order valence-corrected chi connectivity index (χ2v) is 8.88. The van der Waals surface area contributed by atoms with Crippen LogP contribution in [-0.4, -0.2) is 34.4 Å². The minimum absolute atomic E-state index is 0.525. The number of aliphatic carboxylic acids is 1. The molecule has 29 heavy (non-hydrogen) atoms. The Kier molecular flexibility index (Phi) is 4.06. The second kappa shape index (κ2) is 6.52. The first-order valence-corrected chi connectivity index (χ1v) is 10.3. The molecular formula is C21H20N4O3S. The molecule has 2 aliphatic rings. The van der Waals surface area contributed by atoms with E-state index in [0.717, 1.165) is 49.0 Å². The average Bonchev–Trinajstić information content (AvgIpc) is 3.30. The Bertz CT molecular complexity index is 1190. The van der Waals surface area contributed by atoms with Crippen LogP contribution in [0.3, 0.4) is 0 Å². The minimum Gasteiger partial charge on any atom is -0.495 e. The Hall–Kier alpha value is -3.00. The topological polar surface area (TPSA) is 96.7 Å². The number of aliphatic imine (C=N–C) groups is 1. The smallest absolute Gasteiger partial charge is 0.309 e. The van der Waals surface area contributed by atoms with E-state index in [0.29, 0.717) is 25.8 Å². The summed E-state index contributed by atoms with van der Waals surface area (Å²) in [5, 5.41) is 14.0. The molecule has 8 heteroatoms. The third-order valence-corrected chi connectivity index (χ3v) is 7.01. The van der Waals surface area contributed by atoms with Crippen molar-refractivity contribution >= 4 is 45.2 Å². The predicted octanol–water partition coefficient (Wildman–Crippen LogP) is 3.96.